The molecule has 0 aliphatic rings. The predicted molar refractivity (Wildman–Crippen MR) is 70.7 cm³/mol. The van der Waals surface area contributed by atoms with E-state index in [-0.39, 0.29) is 0 Å². The fourth-order valence-electron chi connectivity index (χ4n) is 1.99. The van der Waals surface area contributed by atoms with Gasteiger partial charge in [-0.15, -0.1) is 0 Å². The fourth-order valence-corrected chi connectivity index (χ4v) is 1.99. The molecule has 3 nitrogen and oxygen atoms in total. The van der Waals surface area contributed by atoms with Crippen LogP contribution in [0.3, 0.4) is 0 Å². The van der Waals surface area contributed by atoms with Crippen molar-refractivity contribution < 1.29 is 0 Å². The predicted octanol–water partition coefficient (Wildman–Crippen LogP) is 2.97. The van der Waals surface area contributed by atoms with E-state index in [9.17, 15) is 0 Å². The summed E-state index contributed by atoms with van der Waals surface area (Å²) in [4.78, 5) is 0. The molecule has 0 amide bonds. The van der Waals surface area contributed by atoms with Gasteiger partial charge in [0.25, 0.3) is 0 Å². The van der Waals surface area contributed by atoms with Gasteiger partial charge in [-0.1, -0.05) is 32.0 Å². The minimum atomic E-state index is 0.487. The minimum Gasteiger partial charge on any atom is -0.325 e. The first-order chi connectivity index (χ1) is 8.13. The Morgan fingerprint density at radius 2 is 2.06 bits per heavy atom. The molecule has 0 bridgehead atoms. The zero-order chi connectivity index (χ0) is 12.4. The van der Waals surface area contributed by atoms with Crippen LogP contribution in [0, 0.1) is 6.92 Å². The maximum absolute atomic E-state index is 5.71. The van der Waals surface area contributed by atoms with Crippen molar-refractivity contribution in [1.82, 2.24) is 10.2 Å². The van der Waals surface area contributed by atoms with E-state index < -0.39 is 0 Å². The number of aromatic amines is 1. The second kappa shape index (κ2) is 4.72. The lowest BCUT2D eigenvalue weighted by Gasteiger charge is -2.11. The van der Waals surface area contributed by atoms with Crippen LogP contribution in [0.2, 0.25) is 0 Å². The molecule has 90 valence electrons. The summed E-state index contributed by atoms with van der Waals surface area (Å²) < 4.78 is 0. The third-order valence-electron chi connectivity index (χ3n) is 3.14. The van der Waals surface area contributed by atoms with Gasteiger partial charge in [-0.3, -0.25) is 5.10 Å². The van der Waals surface area contributed by atoms with Crippen LogP contribution in [0.25, 0.3) is 11.1 Å². The third-order valence-corrected chi connectivity index (χ3v) is 3.14. The van der Waals surface area contributed by atoms with Crippen LogP contribution in [0.5, 0.6) is 0 Å². The molecule has 1 aromatic heterocycles. The van der Waals surface area contributed by atoms with Crippen molar-refractivity contribution in [1.29, 1.82) is 0 Å². The van der Waals surface area contributed by atoms with Crippen molar-refractivity contribution in [2.45, 2.75) is 33.2 Å². The van der Waals surface area contributed by atoms with E-state index in [0.717, 1.165) is 11.3 Å². The van der Waals surface area contributed by atoms with Crippen molar-refractivity contribution in [3.05, 3.63) is 41.2 Å². The van der Waals surface area contributed by atoms with Gasteiger partial charge < -0.3 is 5.73 Å². The van der Waals surface area contributed by atoms with Gasteiger partial charge in [0.05, 0.1) is 11.9 Å². The number of H-pyrrole nitrogens is 1. The molecule has 3 heteroatoms. The summed E-state index contributed by atoms with van der Waals surface area (Å²) in [6.07, 6.45) is 1.86. The molecule has 0 aliphatic carbocycles. The Hall–Kier alpha value is -1.61. The van der Waals surface area contributed by atoms with Gasteiger partial charge in [0.1, 0.15) is 0 Å². The zero-order valence-corrected chi connectivity index (χ0v) is 10.6. The van der Waals surface area contributed by atoms with E-state index in [0.29, 0.717) is 12.5 Å². The van der Waals surface area contributed by atoms with Gasteiger partial charge in [-0.25, -0.2) is 0 Å². The van der Waals surface area contributed by atoms with Crippen LogP contribution in [-0.2, 0) is 6.54 Å². The van der Waals surface area contributed by atoms with E-state index in [1.807, 2.05) is 6.20 Å². The Kier molecular flexibility index (Phi) is 3.29. The van der Waals surface area contributed by atoms with Crippen LogP contribution in [-0.4, -0.2) is 10.2 Å². The number of nitrogens with zero attached hydrogens (tertiary/aromatic N) is 1. The first-order valence-corrected chi connectivity index (χ1v) is 5.96. The summed E-state index contributed by atoms with van der Waals surface area (Å²) >= 11 is 0. The lowest BCUT2D eigenvalue weighted by Crippen LogP contribution is -1.99. The van der Waals surface area contributed by atoms with E-state index in [2.05, 4.69) is 49.2 Å². The molecule has 0 fully saturated rings. The van der Waals surface area contributed by atoms with Crippen molar-refractivity contribution in [2.75, 3.05) is 0 Å². The third kappa shape index (κ3) is 2.24. The van der Waals surface area contributed by atoms with E-state index in [1.54, 1.807) is 0 Å². The standard InChI is InChI=1S/C14H19N3/c1-9(2)11-5-4-10(3)12(6-11)13-8-16-17-14(13)7-15/h4-6,8-9H,7,15H2,1-3H3,(H,16,17). The lowest BCUT2D eigenvalue weighted by atomic mass is 9.94. The number of nitrogens with one attached hydrogen (secondary N) is 1. The van der Waals surface area contributed by atoms with E-state index >= 15 is 0 Å². The second-order valence-corrected chi connectivity index (χ2v) is 4.70. The minimum absolute atomic E-state index is 0.487. The first kappa shape index (κ1) is 11.9. The van der Waals surface area contributed by atoms with Crippen molar-refractivity contribution in [3.63, 3.8) is 0 Å². The largest absolute Gasteiger partial charge is 0.325 e. The summed E-state index contributed by atoms with van der Waals surface area (Å²) in [6, 6.07) is 6.59. The van der Waals surface area contributed by atoms with Gasteiger partial charge in [0, 0.05) is 12.1 Å². The second-order valence-electron chi connectivity index (χ2n) is 4.70. The summed E-state index contributed by atoms with van der Waals surface area (Å²) in [5.74, 6) is 0.530. The summed E-state index contributed by atoms with van der Waals surface area (Å²) in [6.45, 7) is 7.01. The van der Waals surface area contributed by atoms with Crippen LogP contribution < -0.4 is 5.73 Å². The van der Waals surface area contributed by atoms with Crippen LogP contribution >= 0.6 is 0 Å². The molecule has 0 aliphatic heterocycles. The van der Waals surface area contributed by atoms with Crippen molar-refractivity contribution >= 4 is 0 Å². The average molecular weight is 229 g/mol. The van der Waals surface area contributed by atoms with Crippen LogP contribution in [0.1, 0.15) is 36.6 Å². The molecule has 2 rings (SSSR count). The van der Waals surface area contributed by atoms with Gasteiger partial charge in [-0.05, 0) is 29.5 Å². The van der Waals surface area contributed by atoms with Gasteiger partial charge in [0.2, 0.25) is 0 Å². The molecule has 17 heavy (non-hydrogen) atoms. The number of benzene rings is 1. The van der Waals surface area contributed by atoms with Crippen molar-refractivity contribution in [3.8, 4) is 11.1 Å². The highest BCUT2D eigenvalue weighted by Crippen LogP contribution is 2.28. The monoisotopic (exact) mass is 229 g/mol. The number of hydrogen-bond acceptors (Lipinski definition) is 2. The molecule has 1 aromatic carbocycles. The molecule has 1 heterocycles. The molecule has 3 N–H and O–H groups in total. The Bertz CT molecular complexity index is 512. The first-order valence-electron chi connectivity index (χ1n) is 5.96. The Morgan fingerprint density at radius 3 is 2.71 bits per heavy atom. The lowest BCUT2D eigenvalue weighted by molar-refractivity contribution is 0.866. The van der Waals surface area contributed by atoms with E-state index in [4.69, 9.17) is 5.73 Å². The topological polar surface area (TPSA) is 54.7 Å². The average Bonchev–Trinajstić information content (AvgIpc) is 2.77. The molecule has 0 saturated heterocycles. The molecule has 0 saturated carbocycles. The Balaban J connectivity index is 2.54. The smallest absolute Gasteiger partial charge is 0.0569 e. The number of hydrogen-bond donors (Lipinski definition) is 2. The van der Waals surface area contributed by atoms with Gasteiger partial charge in [-0.2, -0.15) is 5.10 Å². The van der Waals surface area contributed by atoms with Gasteiger partial charge >= 0.3 is 0 Å². The molecule has 0 spiro atoms. The fraction of sp³-hybridized carbons (Fsp3) is 0.357. The molecule has 0 radical (unpaired) electrons. The highest BCUT2D eigenvalue weighted by atomic mass is 15.1. The molecule has 0 unspecified atom stereocenters. The molecular weight excluding hydrogens is 210 g/mol. The van der Waals surface area contributed by atoms with Gasteiger partial charge in [0.15, 0.2) is 0 Å². The number of aryl methyl sites for hydroxylation is 1. The number of nitrogens with two attached hydrogens (primary N) is 1. The maximum atomic E-state index is 5.71. The highest BCUT2D eigenvalue weighted by Gasteiger charge is 2.10. The summed E-state index contributed by atoms with van der Waals surface area (Å²) in [7, 11) is 0. The van der Waals surface area contributed by atoms with Crippen LogP contribution in [0.15, 0.2) is 24.4 Å². The molecular formula is C14H19N3. The Morgan fingerprint density at radius 1 is 1.29 bits per heavy atom. The van der Waals surface area contributed by atoms with E-state index in [1.165, 1.54) is 16.7 Å². The Labute approximate surface area is 102 Å². The molecule has 2 aromatic rings. The number of rotatable bonds is 3. The van der Waals surface area contributed by atoms with Crippen LogP contribution in [0.4, 0.5) is 0 Å². The highest BCUT2D eigenvalue weighted by molar-refractivity contribution is 5.69. The number of aromatic nitrogens is 2. The maximum Gasteiger partial charge on any atom is 0.0569 e. The summed E-state index contributed by atoms with van der Waals surface area (Å²) in [5.41, 5.74) is 11.6. The SMILES string of the molecule is Cc1ccc(C(C)C)cc1-c1cn[nH]c1CN. The quantitative estimate of drug-likeness (QED) is 0.850. The summed E-state index contributed by atoms with van der Waals surface area (Å²) in [5, 5.41) is 7.03. The zero-order valence-electron chi connectivity index (χ0n) is 10.6. The molecule has 0 atom stereocenters. The van der Waals surface area contributed by atoms with Crippen molar-refractivity contribution in [2.24, 2.45) is 5.73 Å². The normalized spacial score (nSPS) is 11.1.